The number of halogens is 2. The molecule has 0 radical (unpaired) electrons. The molecule has 0 saturated carbocycles. The van der Waals surface area contributed by atoms with E-state index in [0.29, 0.717) is 33.4 Å². The van der Waals surface area contributed by atoms with E-state index in [1.807, 2.05) is 37.3 Å². The normalized spacial score (nSPS) is 11.3. The number of hydrogen-bond acceptors (Lipinski definition) is 3. The first-order chi connectivity index (χ1) is 13.9. The van der Waals surface area contributed by atoms with Crippen LogP contribution in [0.15, 0.2) is 58.4 Å². The molecule has 0 fully saturated rings. The lowest BCUT2D eigenvalue weighted by atomic mass is 10.2. The van der Waals surface area contributed by atoms with Gasteiger partial charge in [-0.05, 0) is 49.2 Å². The van der Waals surface area contributed by atoms with Gasteiger partial charge in [0.05, 0.1) is 22.1 Å². The molecule has 0 amide bonds. The fraction of sp³-hybridized carbons (Fsp3) is 0.190. The van der Waals surface area contributed by atoms with Gasteiger partial charge in [-0.25, -0.2) is 14.3 Å². The molecule has 8 heteroatoms. The molecule has 6 nitrogen and oxygen atoms in total. The molecule has 0 aliphatic carbocycles. The van der Waals surface area contributed by atoms with Crippen LogP contribution >= 0.6 is 23.2 Å². The number of aromatic nitrogens is 4. The van der Waals surface area contributed by atoms with Crippen LogP contribution in [0.5, 0.6) is 0 Å². The van der Waals surface area contributed by atoms with Crippen LogP contribution in [0, 0.1) is 6.92 Å². The van der Waals surface area contributed by atoms with E-state index in [4.69, 9.17) is 23.2 Å². The van der Waals surface area contributed by atoms with E-state index in [0.717, 1.165) is 11.1 Å². The molecule has 2 aromatic heterocycles. The molecule has 0 aliphatic rings. The molecule has 4 aromatic rings. The Bertz CT molecular complexity index is 1350. The Labute approximate surface area is 176 Å². The van der Waals surface area contributed by atoms with Crippen molar-refractivity contribution in [2.24, 2.45) is 0 Å². The van der Waals surface area contributed by atoms with Crippen molar-refractivity contribution < 1.29 is 0 Å². The fourth-order valence-corrected chi connectivity index (χ4v) is 3.73. The van der Waals surface area contributed by atoms with Crippen molar-refractivity contribution in [2.75, 3.05) is 0 Å². The number of nitrogens with zero attached hydrogens (tertiary/aromatic N) is 4. The minimum Gasteiger partial charge on any atom is -0.320 e. The molecule has 0 spiro atoms. The Hall–Kier alpha value is -2.83. The Morgan fingerprint density at radius 2 is 1.83 bits per heavy atom. The van der Waals surface area contributed by atoms with Gasteiger partial charge in [-0.3, -0.25) is 9.36 Å². The molecule has 0 bridgehead atoms. The van der Waals surface area contributed by atoms with Crippen LogP contribution in [0.2, 0.25) is 10.0 Å². The van der Waals surface area contributed by atoms with E-state index in [1.54, 1.807) is 30.0 Å². The predicted octanol–water partition coefficient (Wildman–Crippen LogP) is 4.03. The Kier molecular flexibility index (Phi) is 5.06. The first kappa shape index (κ1) is 19.5. The molecule has 2 aromatic carbocycles. The summed E-state index contributed by atoms with van der Waals surface area (Å²) in [5.74, 6) is 0. The summed E-state index contributed by atoms with van der Waals surface area (Å²) in [5.41, 5.74) is 2.46. The second-order valence-electron chi connectivity index (χ2n) is 6.80. The Balaban J connectivity index is 1.98. The monoisotopic (exact) mass is 428 g/mol. The summed E-state index contributed by atoms with van der Waals surface area (Å²) in [6.45, 7) is 4.36. The lowest BCUT2D eigenvalue weighted by Gasteiger charge is -2.12. The highest BCUT2D eigenvalue weighted by Crippen LogP contribution is 2.23. The van der Waals surface area contributed by atoms with Crippen molar-refractivity contribution in [3.8, 4) is 5.69 Å². The highest BCUT2D eigenvalue weighted by molar-refractivity contribution is 6.42. The molecule has 0 N–H and O–H groups in total. The van der Waals surface area contributed by atoms with E-state index in [2.05, 4.69) is 4.98 Å². The number of fused-ring (bicyclic) bond motifs is 1. The summed E-state index contributed by atoms with van der Waals surface area (Å²) in [7, 11) is 0. The second-order valence-corrected chi connectivity index (χ2v) is 7.61. The number of hydrogen-bond donors (Lipinski definition) is 0. The van der Waals surface area contributed by atoms with Crippen molar-refractivity contribution in [1.29, 1.82) is 0 Å². The van der Waals surface area contributed by atoms with Crippen LogP contribution < -0.4 is 11.2 Å². The standard InChI is InChI=1S/C21H18Cl2N4O2/c1-3-26-20(28)18-19(27(21(26)29)15-6-4-5-13(2)9-15)24-12-25(18)11-14-7-8-16(22)17(23)10-14/h4-10,12H,3,11H2,1-2H3. The van der Waals surface area contributed by atoms with Gasteiger partial charge in [0.15, 0.2) is 11.2 Å². The molecular weight excluding hydrogens is 411 g/mol. The zero-order valence-corrected chi connectivity index (χ0v) is 17.4. The van der Waals surface area contributed by atoms with Crippen LogP contribution in [0.3, 0.4) is 0 Å². The third-order valence-corrected chi connectivity index (χ3v) is 5.55. The number of benzene rings is 2. The second kappa shape index (κ2) is 7.54. The molecule has 2 heterocycles. The summed E-state index contributed by atoms with van der Waals surface area (Å²) in [6, 6.07) is 12.9. The smallest absolute Gasteiger partial charge is 0.320 e. The van der Waals surface area contributed by atoms with Gasteiger partial charge in [-0.1, -0.05) is 41.4 Å². The van der Waals surface area contributed by atoms with Crippen molar-refractivity contribution in [1.82, 2.24) is 18.7 Å². The fourth-order valence-electron chi connectivity index (χ4n) is 3.41. The van der Waals surface area contributed by atoms with E-state index in [1.165, 1.54) is 9.13 Å². The van der Waals surface area contributed by atoms with Gasteiger partial charge in [0, 0.05) is 13.1 Å². The first-order valence-corrected chi connectivity index (χ1v) is 9.88. The van der Waals surface area contributed by atoms with Gasteiger partial charge in [-0.2, -0.15) is 0 Å². The molecule has 148 valence electrons. The Morgan fingerprint density at radius 3 is 2.52 bits per heavy atom. The first-order valence-electron chi connectivity index (χ1n) is 9.12. The van der Waals surface area contributed by atoms with Gasteiger partial charge in [-0.15, -0.1) is 0 Å². The summed E-state index contributed by atoms with van der Waals surface area (Å²) in [4.78, 5) is 30.5. The molecule has 4 rings (SSSR count). The van der Waals surface area contributed by atoms with Crippen LogP contribution in [-0.2, 0) is 13.1 Å². The molecule has 0 unspecified atom stereocenters. The largest absolute Gasteiger partial charge is 0.337 e. The van der Waals surface area contributed by atoms with E-state index in [-0.39, 0.29) is 12.1 Å². The predicted molar refractivity (Wildman–Crippen MR) is 116 cm³/mol. The van der Waals surface area contributed by atoms with Crippen LogP contribution in [0.25, 0.3) is 16.9 Å². The Morgan fingerprint density at radius 1 is 1.03 bits per heavy atom. The molecule has 29 heavy (non-hydrogen) atoms. The van der Waals surface area contributed by atoms with Gasteiger partial charge in [0.2, 0.25) is 0 Å². The molecule has 0 saturated heterocycles. The van der Waals surface area contributed by atoms with Gasteiger partial charge < -0.3 is 4.57 Å². The molecular formula is C21H18Cl2N4O2. The number of imidazole rings is 1. The van der Waals surface area contributed by atoms with Gasteiger partial charge >= 0.3 is 5.69 Å². The quantitative estimate of drug-likeness (QED) is 0.492. The zero-order chi connectivity index (χ0) is 20.7. The highest BCUT2D eigenvalue weighted by Gasteiger charge is 2.18. The van der Waals surface area contributed by atoms with Crippen molar-refractivity contribution in [2.45, 2.75) is 26.9 Å². The zero-order valence-electron chi connectivity index (χ0n) is 15.9. The van der Waals surface area contributed by atoms with E-state index >= 15 is 0 Å². The topological polar surface area (TPSA) is 61.8 Å². The SMILES string of the molecule is CCn1c(=O)c2c(ncn2Cc2ccc(Cl)c(Cl)c2)n(-c2cccc(C)c2)c1=O. The lowest BCUT2D eigenvalue weighted by molar-refractivity contribution is 0.655. The number of rotatable bonds is 4. The summed E-state index contributed by atoms with van der Waals surface area (Å²) in [6.07, 6.45) is 1.57. The number of aryl methyl sites for hydroxylation is 1. The highest BCUT2D eigenvalue weighted by atomic mass is 35.5. The van der Waals surface area contributed by atoms with Crippen LogP contribution in [-0.4, -0.2) is 18.7 Å². The minimum atomic E-state index is -0.407. The average molecular weight is 429 g/mol. The minimum absolute atomic E-state index is 0.261. The van der Waals surface area contributed by atoms with Gasteiger partial charge in [0.25, 0.3) is 5.56 Å². The maximum absolute atomic E-state index is 13.1. The van der Waals surface area contributed by atoms with Crippen molar-refractivity contribution in [3.05, 3.63) is 90.8 Å². The summed E-state index contributed by atoms with van der Waals surface area (Å²) in [5, 5.41) is 0.906. The maximum atomic E-state index is 13.1. The third-order valence-electron chi connectivity index (χ3n) is 4.81. The van der Waals surface area contributed by atoms with E-state index < -0.39 is 5.69 Å². The molecule has 0 atom stereocenters. The van der Waals surface area contributed by atoms with Gasteiger partial charge in [0.1, 0.15) is 0 Å². The summed E-state index contributed by atoms with van der Waals surface area (Å²) >= 11 is 12.1. The lowest BCUT2D eigenvalue weighted by Crippen LogP contribution is -2.39. The van der Waals surface area contributed by atoms with Crippen molar-refractivity contribution >= 4 is 34.4 Å². The van der Waals surface area contributed by atoms with Crippen LogP contribution in [0.4, 0.5) is 0 Å². The third kappa shape index (κ3) is 3.39. The molecule has 0 aliphatic heterocycles. The van der Waals surface area contributed by atoms with E-state index in [9.17, 15) is 9.59 Å². The summed E-state index contributed by atoms with van der Waals surface area (Å²) < 4.78 is 4.44. The van der Waals surface area contributed by atoms with Crippen LogP contribution in [0.1, 0.15) is 18.1 Å². The maximum Gasteiger partial charge on any atom is 0.337 e. The average Bonchev–Trinajstić information content (AvgIpc) is 3.09. The van der Waals surface area contributed by atoms with Crippen molar-refractivity contribution in [3.63, 3.8) is 0 Å².